The van der Waals surface area contributed by atoms with E-state index < -0.39 is 10.0 Å². The fourth-order valence-corrected chi connectivity index (χ4v) is 5.54. The molecule has 0 bridgehead atoms. The Bertz CT molecular complexity index is 942. The van der Waals surface area contributed by atoms with Crippen molar-refractivity contribution in [1.82, 2.24) is 0 Å². The van der Waals surface area contributed by atoms with Crippen LogP contribution in [0.3, 0.4) is 0 Å². The molecular formula is C20H24N2O3S2. The smallest absolute Gasteiger partial charge is 0.256 e. The van der Waals surface area contributed by atoms with E-state index in [1.165, 1.54) is 16.1 Å². The van der Waals surface area contributed by atoms with E-state index in [0.717, 1.165) is 29.0 Å². The van der Waals surface area contributed by atoms with Crippen molar-refractivity contribution < 1.29 is 13.2 Å². The Kier molecular flexibility index (Phi) is 6.11. The number of nitrogens with one attached hydrogen (secondary N) is 1. The zero-order valence-electron chi connectivity index (χ0n) is 15.6. The van der Waals surface area contributed by atoms with Gasteiger partial charge in [0, 0.05) is 17.1 Å². The Balaban J connectivity index is 1.85. The van der Waals surface area contributed by atoms with Crippen molar-refractivity contribution in [2.24, 2.45) is 0 Å². The van der Waals surface area contributed by atoms with Gasteiger partial charge < -0.3 is 5.32 Å². The minimum absolute atomic E-state index is 0.149. The Labute approximate surface area is 165 Å². The van der Waals surface area contributed by atoms with E-state index in [-0.39, 0.29) is 11.7 Å². The van der Waals surface area contributed by atoms with Crippen LogP contribution < -0.4 is 9.62 Å². The van der Waals surface area contributed by atoms with E-state index in [9.17, 15) is 13.2 Å². The van der Waals surface area contributed by atoms with Gasteiger partial charge in [0.1, 0.15) is 0 Å². The summed E-state index contributed by atoms with van der Waals surface area (Å²) in [7, 11) is -3.29. The van der Waals surface area contributed by atoms with E-state index in [0.29, 0.717) is 24.2 Å². The fourth-order valence-electron chi connectivity index (χ4n) is 3.33. The van der Waals surface area contributed by atoms with Gasteiger partial charge in [0.15, 0.2) is 0 Å². The molecule has 0 fully saturated rings. The molecule has 1 aliphatic rings. The van der Waals surface area contributed by atoms with Gasteiger partial charge in [-0.05, 0) is 61.4 Å². The van der Waals surface area contributed by atoms with Crippen molar-refractivity contribution in [3.63, 3.8) is 0 Å². The summed E-state index contributed by atoms with van der Waals surface area (Å²) in [4.78, 5) is 13.6. The molecule has 3 rings (SSSR count). The minimum Gasteiger partial charge on any atom is -0.322 e. The highest BCUT2D eigenvalue weighted by Crippen LogP contribution is 2.32. The number of benzene rings is 2. The predicted octanol–water partition coefficient (Wildman–Crippen LogP) is 4.15. The van der Waals surface area contributed by atoms with Crippen molar-refractivity contribution in [3.8, 4) is 0 Å². The number of nitrogens with zero attached hydrogens (tertiary/aromatic N) is 1. The van der Waals surface area contributed by atoms with Crippen LogP contribution >= 0.6 is 11.8 Å². The highest BCUT2D eigenvalue weighted by atomic mass is 32.2. The van der Waals surface area contributed by atoms with Crippen molar-refractivity contribution in [2.45, 2.75) is 31.1 Å². The molecule has 0 aromatic heterocycles. The standard InChI is InChI=1S/C20H24N2O3S2/c1-3-13-27(24,25)22-12-6-7-15-14-16(10-11-18(15)22)21-20(23)17-8-4-5-9-19(17)26-2/h4-5,8-11,14H,3,6-7,12-13H2,1-2H3,(H,21,23). The molecule has 1 N–H and O–H groups in total. The summed E-state index contributed by atoms with van der Waals surface area (Å²) in [6.07, 6.45) is 4.12. The molecule has 0 unspecified atom stereocenters. The molecule has 0 radical (unpaired) electrons. The summed E-state index contributed by atoms with van der Waals surface area (Å²) in [5.74, 6) is -0.0118. The first kappa shape index (κ1) is 19.8. The van der Waals surface area contributed by atoms with E-state index in [2.05, 4.69) is 5.32 Å². The summed E-state index contributed by atoms with van der Waals surface area (Å²) in [6.45, 7) is 2.38. The summed E-state index contributed by atoms with van der Waals surface area (Å²) < 4.78 is 26.6. The number of aryl methyl sites for hydroxylation is 1. The molecule has 7 heteroatoms. The molecule has 2 aromatic rings. The second-order valence-corrected chi connectivity index (χ2v) is 9.35. The first-order valence-corrected chi connectivity index (χ1v) is 11.9. The van der Waals surface area contributed by atoms with Crippen LogP contribution in [0.15, 0.2) is 47.4 Å². The lowest BCUT2D eigenvalue weighted by molar-refractivity contribution is 0.102. The number of sulfonamides is 1. The summed E-state index contributed by atoms with van der Waals surface area (Å²) >= 11 is 1.53. The molecule has 0 atom stereocenters. The molecule has 144 valence electrons. The second-order valence-electron chi connectivity index (χ2n) is 6.49. The maximum absolute atomic E-state index is 12.6. The maximum Gasteiger partial charge on any atom is 0.256 e. The summed E-state index contributed by atoms with van der Waals surface area (Å²) in [5, 5.41) is 2.94. The number of rotatable bonds is 6. The van der Waals surface area contributed by atoms with Crippen LogP contribution in [0.1, 0.15) is 35.7 Å². The van der Waals surface area contributed by atoms with Crippen molar-refractivity contribution in [3.05, 3.63) is 53.6 Å². The lowest BCUT2D eigenvalue weighted by Crippen LogP contribution is -2.37. The first-order valence-electron chi connectivity index (χ1n) is 9.04. The van der Waals surface area contributed by atoms with Gasteiger partial charge in [0.25, 0.3) is 5.91 Å². The van der Waals surface area contributed by atoms with Gasteiger partial charge >= 0.3 is 0 Å². The molecule has 1 aliphatic heterocycles. The van der Waals surface area contributed by atoms with Crippen LogP contribution in [0, 0.1) is 0 Å². The predicted molar refractivity (Wildman–Crippen MR) is 112 cm³/mol. The van der Waals surface area contributed by atoms with Crippen LogP contribution in [-0.4, -0.2) is 32.9 Å². The molecule has 0 saturated heterocycles. The molecule has 27 heavy (non-hydrogen) atoms. The number of anilines is 2. The monoisotopic (exact) mass is 404 g/mol. The van der Waals surface area contributed by atoms with Crippen molar-refractivity contribution in [1.29, 1.82) is 0 Å². The van der Waals surface area contributed by atoms with Crippen LogP contribution in [0.5, 0.6) is 0 Å². The molecular weight excluding hydrogens is 380 g/mol. The molecule has 5 nitrogen and oxygen atoms in total. The largest absolute Gasteiger partial charge is 0.322 e. The Morgan fingerprint density at radius 1 is 1.22 bits per heavy atom. The minimum atomic E-state index is -3.29. The average Bonchev–Trinajstić information content (AvgIpc) is 2.67. The van der Waals surface area contributed by atoms with E-state index in [1.807, 2.05) is 37.4 Å². The van der Waals surface area contributed by atoms with Gasteiger partial charge in [0.05, 0.1) is 17.0 Å². The fraction of sp³-hybridized carbons (Fsp3) is 0.350. The number of carbonyl (C=O) groups excluding carboxylic acids is 1. The van der Waals surface area contributed by atoms with Crippen LogP contribution in [0.4, 0.5) is 11.4 Å². The third-order valence-corrected chi connectivity index (χ3v) is 7.33. The van der Waals surface area contributed by atoms with E-state index in [4.69, 9.17) is 0 Å². The number of hydrogen-bond acceptors (Lipinski definition) is 4. The number of hydrogen-bond donors (Lipinski definition) is 1. The average molecular weight is 405 g/mol. The maximum atomic E-state index is 12.6. The van der Waals surface area contributed by atoms with Gasteiger partial charge in [-0.3, -0.25) is 9.10 Å². The normalized spacial score (nSPS) is 13.9. The first-order chi connectivity index (χ1) is 13.0. The Morgan fingerprint density at radius 2 is 2.00 bits per heavy atom. The van der Waals surface area contributed by atoms with Crippen molar-refractivity contribution in [2.75, 3.05) is 28.2 Å². The Hall–Kier alpha value is -1.99. The topological polar surface area (TPSA) is 66.5 Å². The molecule has 0 saturated carbocycles. The number of carbonyl (C=O) groups is 1. The number of thioether (sulfide) groups is 1. The van der Waals surface area contributed by atoms with E-state index in [1.54, 1.807) is 18.2 Å². The Morgan fingerprint density at radius 3 is 2.74 bits per heavy atom. The van der Waals surface area contributed by atoms with Crippen LogP contribution in [0.25, 0.3) is 0 Å². The van der Waals surface area contributed by atoms with E-state index >= 15 is 0 Å². The van der Waals surface area contributed by atoms with Gasteiger partial charge in [-0.2, -0.15) is 0 Å². The third kappa shape index (κ3) is 4.30. The number of fused-ring (bicyclic) bond motifs is 1. The zero-order valence-corrected chi connectivity index (χ0v) is 17.2. The zero-order chi connectivity index (χ0) is 19.4. The molecule has 1 amide bonds. The van der Waals surface area contributed by atoms with Crippen LogP contribution in [0.2, 0.25) is 0 Å². The lowest BCUT2D eigenvalue weighted by atomic mass is 10.0. The van der Waals surface area contributed by atoms with Gasteiger partial charge in [-0.15, -0.1) is 11.8 Å². The summed E-state index contributed by atoms with van der Waals surface area (Å²) in [5.41, 5.74) is 3.01. The van der Waals surface area contributed by atoms with Gasteiger partial charge in [-0.1, -0.05) is 19.1 Å². The SMILES string of the molecule is CCCS(=O)(=O)N1CCCc2cc(NC(=O)c3ccccc3SC)ccc21. The van der Waals surface area contributed by atoms with Crippen molar-refractivity contribution >= 4 is 39.1 Å². The lowest BCUT2D eigenvalue weighted by Gasteiger charge is -2.30. The quantitative estimate of drug-likeness (QED) is 0.735. The molecule has 1 heterocycles. The third-order valence-electron chi connectivity index (χ3n) is 4.56. The molecule has 0 spiro atoms. The van der Waals surface area contributed by atoms with Gasteiger partial charge in [0.2, 0.25) is 10.0 Å². The van der Waals surface area contributed by atoms with Gasteiger partial charge in [-0.25, -0.2) is 8.42 Å². The molecule has 2 aromatic carbocycles. The molecule has 0 aliphatic carbocycles. The highest BCUT2D eigenvalue weighted by Gasteiger charge is 2.27. The highest BCUT2D eigenvalue weighted by molar-refractivity contribution is 7.98. The van der Waals surface area contributed by atoms with Crippen LogP contribution in [-0.2, 0) is 16.4 Å². The number of amides is 1. The second kappa shape index (κ2) is 8.35. The summed E-state index contributed by atoms with van der Waals surface area (Å²) in [6, 6.07) is 12.9.